The highest BCUT2D eigenvalue weighted by atomic mass is 16.5. The molecule has 2 aromatic heterocycles. The fourth-order valence-electron chi connectivity index (χ4n) is 4.77. The normalized spacial score (nSPS) is 18.9. The van der Waals surface area contributed by atoms with Crippen LogP contribution in [0.3, 0.4) is 0 Å². The molecular formula is C25H29N7O2. The average molecular weight is 460 g/mol. The Kier molecular flexibility index (Phi) is 5.66. The number of ether oxygens (including phenoxy) is 1. The van der Waals surface area contributed by atoms with Crippen molar-refractivity contribution in [3.63, 3.8) is 0 Å². The summed E-state index contributed by atoms with van der Waals surface area (Å²) < 4.78 is 5.56. The second-order valence-electron chi connectivity index (χ2n) is 9.19. The van der Waals surface area contributed by atoms with Gasteiger partial charge in [0.05, 0.1) is 12.3 Å². The van der Waals surface area contributed by atoms with Gasteiger partial charge < -0.3 is 25.2 Å². The monoisotopic (exact) mass is 459 g/mol. The van der Waals surface area contributed by atoms with Crippen LogP contribution in [0.25, 0.3) is 0 Å². The molecule has 1 amide bonds. The number of pyridine rings is 1. The molecule has 0 saturated heterocycles. The molecule has 0 radical (unpaired) electrons. The first-order valence-corrected chi connectivity index (χ1v) is 11.3. The molecule has 0 bridgehead atoms. The minimum absolute atomic E-state index is 0.0522. The quantitative estimate of drug-likeness (QED) is 0.557. The third-order valence-electron chi connectivity index (χ3n) is 6.42. The van der Waals surface area contributed by atoms with E-state index in [4.69, 9.17) is 14.7 Å². The summed E-state index contributed by atoms with van der Waals surface area (Å²) in [6.07, 6.45) is 1.88. The van der Waals surface area contributed by atoms with E-state index in [1.807, 2.05) is 56.7 Å². The smallest absolute Gasteiger partial charge is 0.254 e. The van der Waals surface area contributed by atoms with E-state index in [2.05, 4.69) is 27.4 Å². The topological polar surface area (TPSA) is 95.5 Å². The number of carbonyl (C=O) groups is 1. The van der Waals surface area contributed by atoms with Crippen molar-refractivity contribution in [1.29, 1.82) is 0 Å². The van der Waals surface area contributed by atoms with Gasteiger partial charge in [-0.25, -0.2) is 9.97 Å². The number of rotatable bonds is 7. The first-order valence-electron chi connectivity index (χ1n) is 11.3. The SMILES string of the molecule is CNCc1cccc(N2C[C@](C)(COC)c3cnc(Nc4ccc5c(c4)CN(C)C5=O)nc32)n1. The molecule has 1 atom stereocenters. The Hall–Kier alpha value is -3.56. The van der Waals surface area contributed by atoms with E-state index in [1.165, 1.54) is 0 Å². The van der Waals surface area contributed by atoms with E-state index >= 15 is 0 Å². The number of nitrogens with one attached hydrogen (secondary N) is 2. The molecule has 0 unspecified atom stereocenters. The van der Waals surface area contributed by atoms with Gasteiger partial charge >= 0.3 is 0 Å². The van der Waals surface area contributed by atoms with Gasteiger partial charge in [0.25, 0.3) is 5.91 Å². The van der Waals surface area contributed by atoms with Crippen molar-refractivity contribution >= 4 is 29.2 Å². The highest BCUT2D eigenvalue weighted by molar-refractivity contribution is 5.98. The zero-order valence-corrected chi connectivity index (χ0v) is 19.9. The lowest BCUT2D eigenvalue weighted by atomic mass is 9.87. The van der Waals surface area contributed by atoms with E-state index in [9.17, 15) is 4.79 Å². The van der Waals surface area contributed by atoms with Crippen LogP contribution in [-0.2, 0) is 23.2 Å². The maximum atomic E-state index is 12.2. The maximum absolute atomic E-state index is 12.2. The molecule has 0 saturated carbocycles. The molecule has 4 heterocycles. The number of fused-ring (bicyclic) bond motifs is 2. The molecule has 0 aliphatic carbocycles. The van der Waals surface area contributed by atoms with Crippen LogP contribution in [-0.4, -0.2) is 60.1 Å². The number of hydrogen-bond acceptors (Lipinski definition) is 8. The minimum atomic E-state index is -0.262. The van der Waals surface area contributed by atoms with Crippen molar-refractivity contribution in [2.75, 3.05) is 44.6 Å². The number of benzene rings is 1. The first kappa shape index (κ1) is 22.2. The lowest BCUT2D eigenvalue weighted by Crippen LogP contribution is -2.33. The minimum Gasteiger partial charge on any atom is -0.384 e. The largest absolute Gasteiger partial charge is 0.384 e. The Morgan fingerprint density at radius 3 is 2.85 bits per heavy atom. The van der Waals surface area contributed by atoms with Crippen molar-refractivity contribution in [1.82, 2.24) is 25.2 Å². The number of carbonyl (C=O) groups excluding carboxylic acids is 1. The number of hydrogen-bond donors (Lipinski definition) is 2. The number of amides is 1. The second-order valence-corrected chi connectivity index (χ2v) is 9.19. The molecule has 34 heavy (non-hydrogen) atoms. The number of nitrogens with zero attached hydrogens (tertiary/aromatic N) is 5. The van der Waals surface area contributed by atoms with E-state index in [1.54, 1.807) is 12.0 Å². The summed E-state index contributed by atoms with van der Waals surface area (Å²) in [5, 5.41) is 6.47. The maximum Gasteiger partial charge on any atom is 0.254 e. The van der Waals surface area contributed by atoms with E-state index in [0.29, 0.717) is 32.2 Å². The van der Waals surface area contributed by atoms with Gasteiger partial charge in [-0.15, -0.1) is 0 Å². The van der Waals surface area contributed by atoms with Gasteiger partial charge in [-0.2, -0.15) is 4.98 Å². The summed E-state index contributed by atoms with van der Waals surface area (Å²) in [4.78, 5) is 30.4. The van der Waals surface area contributed by atoms with E-state index < -0.39 is 0 Å². The van der Waals surface area contributed by atoms with Crippen LogP contribution in [0.4, 0.5) is 23.3 Å². The van der Waals surface area contributed by atoms with Gasteiger partial charge in [0, 0.05) is 62.2 Å². The molecule has 1 aromatic carbocycles. The van der Waals surface area contributed by atoms with Gasteiger partial charge in [-0.05, 0) is 42.9 Å². The van der Waals surface area contributed by atoms with Crippen molar-refractivity contribution in [2.45, 2.75) is 25.4 Å². The van der Waals surface area contributed by atoms with Gasteiger partial charge in [0.1, 0.15) is 11.6 Å². The third-order valence-corrected chi connectivity index (χ3v) is 6.42. The van der Waals surface area contributed by atoms with Crippen LogP contribution in [0.15, 0.2) is 42.6 Å². The van der Waals surface area contributed by atoms with Crippen LogP contribution in [0.2, 0.25) is 0 Å². The summed E-state index contributed by atoms with van der Waals surface area (Å²) in [6, 6.07) is 11.8. The Balaban J connectivity index is 1.49. The Morgan fingerprint density at radius 2 is 2.06 bits per heavy atom. The molecule has 3 aromatic rings. The van der Waals surface area contributed by atoms with Crippen molar-refractivity contribution in [3.05, 3.63) is 65.0 Å². The highest BCUT2D eigenvalue weighted by Gasteiger charge is 2.42. The van der Waals surface area contributed by atoms with E-state index in [-0.39, 0.29) is 11.3 Å². The van der Waals surface area contributed by atoms with Crippen molar-refractivity contribution in [2.24, 2.45) is 0 Å². The van der Waals surface area contributed by atoms with Gasteiger partial charge in [-0.1, -0.05) is 13.0 Å². The van der Waals surface area contributed by atoms with Crippen LogP contribution >= 0.6 is 0 Å². The Morgan fingerprint density at radius 1 is 1.21 bits per heavy atom. The molecular weight excluding hydrogens is 430 g/mol. The summed E-state index contributed by atoms with van der Waals surface area (Å²) in [5.41, 5.74) is 4.33. The number of aromatic nitrogens is 3. The zero-order chi connectivity index (χ0) is 23.9. The van der Waals surface area contributed by atoms with Crippen LogP contribution in [0, 0.1) is 0 Å². The standard InChI is InChI=1S/C25H29N7O2/c1-25(15-34-4)14-32(21-7-5-6-18(28-21)11-26-2)22-20(25)12-27-24(30-22)29-17-8-9-19-16(10-17)13-31(3)23(19)33/h5-10,12,26H,11,13-15H2,1-4H3,(H,27,29,30)/t25-/m1/s1. The summed E-state index contributed by atoms with van der Waals surface area (Å²) in [6.45, 7) is 4.70. The van der Waals surface area contributed by atoms with Gasteiger partial charge in [0.2, 0.25) is 5.95 Å². The predicted molar refractivity (Wildman–Crippen MR) is 131 cm³/mol. The summed E-state index contributed by atoms with van der Waals surface area (Å²) in [7, 11) is 5.43. The van der Waals surface area contributed by atoms with E-state index in [0.717, 1.165) is 39.7 Å². The van der Waals surface area contributed by atoms with Crippen molar-refractivity contribution < 1.29 is 9.53 Å². The molecule has 2 N–H and O–H groups in total. The predicted octanol–water partition coefficient (Wildman–Crippen LogP) is 2.98. The fraction of sp³-hybridized carbons (Fsp3) is 0.360. The zero-order valence-electron chi connectivity index (χ0n) is 19.9. The summed E-state index contributed by atoms with van der Waals surface area (Å²) in [5.74, 6) is 2.21. The molecule has 9 heteroatoms. The molecule has 0 fully saturated rings. The van der Waals surface area contributed by atoms with Crippen LogP contribution in [0.1, 0.15) is 34.1 Å². The molecule has 2 aliphatic heterocycles. The molecule has 176 valence electrons. The van der Waals surface area contributed by atoms with Crippen LogP contribution in [0.5, 0.6) is 0 Å². The first-order chi connectivity index (χ1) is 16.4. The van der Waals surface area contributed by atoms with Gasteiger partial charge in [-0.3, -0.25) is 4.79 Å². The fourth-order valence-corrected chi connectivity index (χ4v) is 4.77. The lowest BCUT2D eigenvalue weighted by Gasteiger charge is -2.24. The number of anilines is 4. The van der Waals surface area contributed by atoms with Crippen molar-refractivity contribution in [3.8, 4) is 0 Å². The van der Waals surface area contributed by atoms with Crippen LogP contribution < -0.4 is 15.5 Å². The third kappa shape index (κ3) is 3.86. The van der Waals surface area contributed by atoms with Gasteiger partial charge in [0.15, 0.2) is 0 Å². The number of methoxy groups -OCH3 is 1. The highest BCUT2D eigenvalue weighted by Crippen LogP contribution is 2.43. The molecule has 5 rings (SSSR count). The second kappa shape index (κ2) is 8.66. The lowest BCUT2D eigenvalue weighted by molar-refractivity contribution is 0.0816. The average Bonchev–Trinajstić information content (AvgIpc) is 3.27. The summed E-state index contributed by atoms with van der Waals surface area (Å²) >= 11 is 0. The Bertz CT molecular complexity index is 1250. The Labute approximate surface area is 199 Å². The molecule has 9 nitrogen and oxygen atoms in total. The molecule has 0 spiro atoms. The molecule has 2 aliphatic rings.